The summed E-state index contributed by atoms with van der Waals surface area (Å²) in [6, 6.07) is -1.01. The smallest absolute Gasteiger partial charge is 0.327 e. The van der Waals surface area contributed by atoms with Crippen LogP contribution in [0.5, 0.6) is 0 Å². The molecule has 0 spiro atoms. The predicted molar refractivity (Wildman–Crippen MR) is 123 cm³/mol. The number of carboxylic acid groups (broad SMARTS) is 1. The Hall–Kier alpha value is -2.20. The van der Waals surface area contributed by atoms with Gasteiger partial charge in [-0.15, -0.1) is 0 Å². The van der Waals surface area contributed by atoms with Crippen LogP contribution in [-0.2, 0) is 23.9 Å². The number of carboxylic acids is 1. The summed E-state index contributed by atoms with van der Waals surface area (Å²) in [4.78, 5) is 55.9. The number of amides is 2. The minimum atomic E-state index is -1.05. The van der Waals surface area contributed by atoms with Crippen molar-refractivity contribution in [2.75, 3.05) is 60.5 Å². The van der Waals surface area contributed by atoms with E-state index in [0.717, 1.165) is 32.1 Å². The summed E-state index contributed by atoms with van der Waals surface area (Å²) in [5, 5.41) is 12.7. The lowest BCUT2D eigenvalue weighted by atomic mass is 9.44. The van der Waals surface area contributed by atoms with E-state index >= 15 is 0 Å². The number of ether oxygens (including phenoxy) is 1. The molecule has 0 radical (unpaired) electrons. The molecule has 4 saturated carbocycles. The highest BCUT2D eigenvalue weighted by Gasteiger charge is 2.63. The maximum atomic E-state index is 13.5. The zero-order valence-electron chi connectivity index (χ0n) is 20.5. The molecule has 190 valence electrons. The van der Waals surface area contributed by atoms with Crippen molar-refractivity contribution in [2.24, 2.45) is 22.7 Å². The molecule has 1 saturated heterocycles. The molecule has 5 rings (SSSR count). The third kappa shape index (κ3) is 4.79. The average molecular weight is 479 g/mol. The number of nitrogens with one attached hydrogen (secondary N) is 1. The van der Waals surface area contributed by atoms with Gasteiger partial charge in [0.05, 0.1) is 24.5 Å². The lowest BCUT2D eigenvalue weighted by Gasteiger charge is -2.59. The van der Waals surface area contributed by atoms with E-state index in [4.69, 9.17) is 4.74 Å². The second kappa shape index (κ2) is 9.45. The molecule has 10 heteroatoms. The molecule has 4 aliphatic carbocycles. The van der Waals surface area contributed by atoms with Gasteiger partial charge in [-0.2, -0.15) is 0 Å². The normalized spacial score (nSPS) is 33.9. The lowest BCUT2D eigenvalue weighted by molar-refractivity contribution is -0.182. The summed E-state index contributed by atoms with van der Waals surface area (Å²) in [7, 11) is 4.87. The van der Waals surface area contributed by atoms with E-state index in [1.54, 1.807) is 19.0 Å². The number of rotatable bonds is 8. The van der Waals surface area contributed by atoms with Gasteiger partial charge in [-0.3, -0.25) is 24.2 Å². The quantitative estimate of drug-likeness (QED) is 0.469. The maximum Gasteiger partial charge on any atom is 0.327 e. The number of hydrogen-bond acceptors (Lipinski definition) is 7. The molecule has 2 N–H and O–H groups in total. The molecule has 10 nitrogen and oxygen atoms in total. The molecule has 5 aliphatic rings. The molecular weight excluding hydrogens is 440 g/mol. The zero-order valence-corrected chi connectivity index (χ0v) is 20.5. The van der Waals surface area contributed by atoms with Crippen molar-refractivity contribution in [3.05, 3.63) is 0 Å². The van der Waals surface area contributed by atoms with Gasteiger partial charge in [0.2, 0.25) is 11.8 Å². The monoisotopic (exact) mass is 478 g/mol. The SMILES string of the molecule is COC(=O)C12CC3CC(CC(C(=O)NC(CN4CCN(CC(=O)N(C)C)CC4)C(=O)O)(C3)C1)C2. The number of aliphatic carboxylic acids is 1. The molecule has 0 aromatic rings. The fraction of sp³-hybridized carbons (Fsp3) is 0.833. The fourth-order valence-electron chi connectivity index (χ4n) is 7.20. The van der Waals surface area contributed by atoms with Crippen LogP contribution in [0.1, 0.15) is 38.5 Å². The maximum absolute atomic E-state index is 13.5. The van der Waals surface area contributed by atoms with Crippen LogP contribution in [0.2, 0.25) is 0 Å². The number of likely N-dealkylation sites (N-methyl/N-ethyl adjacent to an activating group) is 1. The van der Waals surface area contributed by atoms with Gasteiger partial charge in [-0.1, -0.05) is 0 Å². The number of esters is 1. The Morgan fingerprint density at radius 3 is 2.09 bits per heavy atom. The third-order valence-electron chi connectivity index (χ3n) is 8.53. The van der Waals surface area contributed by atoms with Gasteiger partial charge >= 0.3 is 11.9 Å². The second-order valence-corrected chi connectivity index (χ2v) is 11.2. The van der Waals surface area contributed by atoms with E-state index in [2.05, 4.69) is 10.2 Å². The molecule has 0 aromatic heterocycles. The van der Waals surface area contributed by atoms with Crippen molar-refractivity contribution in [1.29, 1.82) is 0 Å². The van der Waals surface area contributed by atoms with Crippen LogP contribution in [0.15, 0.2) is 0 Å². The van der Waals surface area contributed by atoms with Crippen LogP contribution in [0, 0.1) is 22.7 Å². The summed E-state index contributed by atoms with van der Waals surface area (Å²) in [6.07, 6.45) is 4.48. The number of nitrogens with zero attached hydrogens (tertiary/aromatic N) is 3. The van der Waals surface area contributed by atoms with Crippen molar-refractivity contribution >= 4 is 23.8 Å². The van der Waals surface area contributed by atoms with Gasteiger partial charge in [0, 0.05) is 46.8 Å². The van der Waals surface area contributed by atoms with Gasteiger partial charge in [0.25, 0.3) is 0 Å². The van der Waals surface area contributed by atoms with Crippen molar-refractivity contribution in [1.82, 2.24) is 20.0 Å². The van der Waals surface area contributed by atoms with Crippen LogP contribution in [0.3, 0.4) is 0 Å². The Kier molecular flexibility index (Phi) is 6.92. The predicted octanol–water partition coefficient (Wildman–Crippen LogP) is 0.0212. The largest absolute Gasteiger partial charge is 0.480 e. The minimum Gasteiger partial charge on any atom is -0.480 e. The first kappa shape index (κ1) is 24.9. The summed E-state index contributed by atoms with van der Waals surface area (Å²) < 4.78 is 5.13. The van der Waals surface area contributed by atoms with Gasteiger partial charge in [-0.05, 0) is 50.4 Å². The van der Waals surface area contributed by atoms with Crippen LogP contribution in [-0.4, -0.2) is 110 Å². The molecule has 1 aliphatic heterocycles. The average Bonchev–Trinajstić information content (AvgIpc) is 2.78. The number of carbonyl (C=O) groups excluding carboxylic acids is 3. The summed E-state index contributed by atoms with van der Waals surface area (Å²) in [6.45, 7) is 3.21. The van der Waals surface area contributed by atoms with Gasteiger partial charge in [0.15, 0.2) is 0 Å². The van der Waals surface area contributed by atoms with Crippen molar-refractivity contribution in [3.8, 4) is 0 Å². The van der Waals surface area contributed by atoms with Crippen LogP contribution in [0.4, 0.5) is 0 Å². The highest BCUT2D eigenvalue weighted by molar-refractivity contribution is 5.89. The molecule has 3 atom stereocenters. The van der Waals surface area contributed by atoms with Gasteiger partial charge < -0.3 is 20.1 Å². The first-order chi connectivity index (χ1) is 16.1. The van der Waals surface area contributed by atoms with Crippen LogP contribution in [0.25, 0.3) is 0 Å². The molecule has 4 bridgehead atoms. The number of hydrogen-bond donors (Lipinski definition) is 2. The Balaban J connectivity index is 1.37. The highest BCUT2D eigenvalue weighted by atomic mass is 16.5. The van der Waals surface area contributed by atoms with Crippen LogP contribution < -0.4 is 5.32 Å². The Morgan fingerprint density at radius 1 is 1.00 bits per heavy atom. The van der Waals surface area contributed by atoms with Crippen molar-refractivity contribution < 1.29 is 29.0 Å². The van der Waals surface area contributed by atoms with Gasteiger partial charge in [0.1, 0.15) is 6.04 Å². The third-order valence-corrected chi connectivity index (χ3v) is 8.53. The number of carbonyl (C=O) groups is 4. The molecule has 5 fully saturated rings. The summed E-state index contributed by atoms with van der Waals surface area (Å²) in [5.41, 5.74) is -1.29. The Bertz CT molecular complexity index is 823. The Morgan fingerprint density at radius 2 is 1.56 bits per heavy atom. The highest BCUT2D eigenvalue weighted by Crippen LogP contribution is 2.65. The fourth-order valence-corrected chi connectivity index (χ4v) is 7.20. The van der Waals surface area contributed by atoms with Gasteiger partial charge in [-0.25, -0.2) is 4.79 Å². The summed E-state index contributed by atoms with van der Waals surface area (Å²) in [5.74, 6) is -0.827. The molecule has 2 amide bonds. The van der Waals surface area contributed by atoms with E-state index < -0.39 is 22.8 Å². The molecule has 34 heavy (non-hydrogen) atoms. The second-order valence-electron chi connectivity index (χ2n) is 11.2. The lowest BCUT2D eigenvalue weighted by Crippen LogP contribution is -2.62. The first-order valence-electron chi connectivity index (χ1n) is 12.3. The molecule has 3 unspecified atom stereocenters. The number of piperazine rings is 1. The number of methoxy groups -OCH3 is 1. The zero-order chi connectivity index (χ0) is 24.7. The standard InChI is InChI=1S/C24H38N4O6/c1-26(2)19(29)14-28-6-4-27(5-7-28)13-18(20(30)31)25-21(32)23-9-16-8-17(10-23)12-24(11-16,15-23)22(33)34-3/h16-18H,4-15H2,1-3H3,(H,25,32)(H,30,31). The summed E-state index contributed by atoms with van der Waals surface area (Å²) >= 11 is 0. The van der Waals surface area contributed by atoms with Crippen molar-refractivity contribution in [3.63, 3.8) is 0 Å². The van der Waals surface area contributed by atoms with E-state index in [9.17, 15) is 24.3 Å². The van der Waals surface area contributed by atoms with Crippen molar-refractivity contribution in [2.45, 2.75) is 44.6 Å². The van der Waals surface area contributed by atoms with Crippen LogP contribution >= 0.6 is 0 Å². The Labute approximate surface area is 200 Å². The first-order valence-corrected chi connectivity index (χ1v) is 12.3. The topological polar surface area (TPSA) is 119 Å². The molecular formula is C24H38N4O6. The van der Waals surface area contributed by atoms with E-state index in [-0.39, 0.29) is 24.3 Å². The molecule has 1 heterocycles. The molecule has 0 aromatic carbocycles. The minimum absolute atomic E-state index is 0.0458. The van der Waals surface area contributed by atoms with E-state index in [1.807, 2.05) is 4.90 Å². The van der Waals surface area contributed by atoms with E-state index in [0.29, 0.717) is 51.0 Å². The van der Waals surface area contributed by atoms with E-state index in [1.165, 1.54) is 7.11 Å².